The van der Waals surface area contributed by atoms with E-state index in [0.717, 1.165) is 36.5 Å². The number of hydrogen-bond acceptors (Lipinski definition) is 3. The van der Waals surface area contributed by atoms with E-state index in [2.05, 4.69) is 60.7 Å². The molecule has 1 heterocycles. The molecule has 1 fully saturated rings. The molecule has 1 aromatic carbocycles. The molecule has 1 atom stereocenters. The smallest absolute Gasteiger partial charge is 0.191 e. The normalized spacial score (nSPS) is 18.0. The monoisotopic (exact) mass is 482 g/mol. The number of rotatable bonds is 5. The summed E-state index contributed by atoms with van der Waals surface area (Å²) in [5, 5.41) is 15.5. The quantitative estimate of drug-likeness (QED) is 0.342. The average molecular weight is 483 g/mol. The summed E-state index contributed by atoms with van der Waals surface area (Å²) in [5.41, 5.74) is 1.25. The lowest BCUT2D eigenvalue weighted by Crippen LogP contribution is -2.44. The van der Waals surface area contributed by atoms with Gasteiger partial charge in [0.1, 0.15) is 0 Å². The number of aliphatic hydroxyl groups is 1. The molecule has 1 aliphatic heterocycles. The fraction of sp³-hybridized carbons (Fsp3) is 0.533. The summed E-state index contributed by atoms with van der Waals surface area (Å²) in [6.07, 6.45) is 1.08. The Balaban J connectivity index is 0.00000242. The van der Waals surface area contributed by atoms with Crippen LogP contribution in [0.2, 0.25) is 0 Å². The van der Waals surface area contributed by atoms with Crippen molar-refractivity contribution in [1.82, 2.24) is 10.6 Å². The third kappa shape index (κ3) is 5.92. The Labute approximate surface area is 157 Å². The van der Waals surface area contributed by atoms with Crippen molar-refractivity contribution in [2.24, 2.45) is 4.99 Å². The molecule has 0 aromatic heterocycles. The second-order valence-corrected chi connectivity index (χ2v) is 5.95. The van der Waals surface area contributed by atoms with Gasteiger partial charge in [0.2, 0.25) is 0 Å². The molecule has 0 aliphatic carbocycles. The molecule has 3 N–H and O–H groups in total. The first-order chi connectivity index (χ1) is 10.2. The third-order valence-corrected chi connectivity index (χ3v) is 3.96. The minimum atomic E-state index is 0. The summed E-state index contributed by atoms with van der Waals surface area (Å²) in [5.74, 6) is 0.786. The van der Waals surface area contributed by atoms with Crippen molar-refractivity contribution in [2.45, 2.75) is 19.4 Å². The lowest BCUT2D eigenvalue weighted by Gasteiger charge is -2.20. The molecule has 1 aliphatic rings. The highest BCUT2D eigenvalue weighted by atomic mass is 127. The van der Waals surface area contributed by atoms with E-state index in [1.807, 2.05) is 6.92 Å². The van der Waals surface area contributed by atoms with Crippen LogP contribution in [0.3, 0.4) is 0 Å². The highest BCUT2D eigenvalue weighted by molar-refractivity contribution is 14.0. The SMILES string of the molecule is CCNC(=NCCO)NC1CCN(c2ccc(Br)cc2)C1.I. The highest BCUT2D eigenvalue weighted by Gasteiger charge is 2.23. The van der Waals surface area contributed by atoms with Gasteiger partial charge in [-0.25, -0.2) is 0 Å². The van der Waals surface area contributed by atoms with E-state index in [1.165, 1.54) is 5.69 Å². The highest BCUT2D eigenvalue weighted by Crippen LogP contribution is 2.22. The number of aliphatic imine (C=N–C) groups is 1. The minimum Gasteiger partial charge on any atom is -0.394 e. The topological polar surface area (TPSA) is 59.9 Å². The zero-order valence-corrected chi connectivity index (χ0v) is 16.7. The second-order valence-electron chi connectivity index (χ2n) is 5.04. The van der Waals surface area contributed by atoms with Crippen molar-refractivity contribution in [3.8, 4) is 0 Å². The molecule has 0 spiro atoms. The van der Waals surface area contributed by atoms with Crippen LogP contribution >= 0.6 is 39.9 Å². The Morgan fingerprint density at radius 1 is 1.41 bits per heavy atom. The molecule has 1 unspecified atom stereocenters. The summed E-state index contributed by atoms with van der Waals surface area (Å²) in [4.78, 5) is 6.70. The van der Waals surface area contributed by atoms with Crippen LogP contribution in [-0.2, 0) is 0 Å². The predicted octanol–water partition coefficient (Wildman–Crippen LogP) is 2.19. The maximum absolute atomic E-state index is 8.88. The van der Waals surface area contributed by atoms with Crippen LogP contribution in [0.4, 0.5) is 5.69 Å². The molecule has 0 amide bonds. The minimum absolute atomic E-state index is 0. The number of anilines is 1. The predicted molar refractivity (Wildman–Crippen MR) is 106 cm³/mol. The van der Waals surface area contributed by atoms with E-state index in [0.29, 0.717) is 12.6 Å². The molecule has 7 heteroatoms. The van der Waals surface area contributed by atoms with Gasteiger partial charge in [-0.05, 0) is 37.6 Å². The number of benzene rings is 1. The lowest BCUT2D eigenvalue weighted by atomic mass is 10.3. The number of hydrogen-bond donors (Lipinski definition) is 3. The first-order valence-electron chi connectivity index (χ1n) is 7.39. The van der Waals surface area contributed by atoms with Gasteiger partial charge >= 0.3 is 0 Å². The van der Waals surface area contributed by atoms with Crippen molar-refractivity contribution in [1.29, 1.82) is 0 Å². The Kier molecular flexibility index (Phi) is 9.11. The van der Waals surface area contributed by atoms with Gasteiger partial charge in [-0.1, -0.05) is 15.9 Å². The molecule has 5 nitrogen and oxygen atoms in total. The Morgan fingerprint density at radius 2 is 2.14 bits per heavy atom. The van der Waals surface area contributed by atoms with Gasteiger partial charge in [0.05, 0.1) is 13.2 Å². The standard InChI is InChI=1S/C15H23BrN4O.HI/c1-2-17-15(18-8-10-21)19-13-7-9-20(11-13)14-5-3-12(16)4-6-14;/h3-6,13,21H,2,7-11H2,1H3,(H2,17,18,19);1H. The van der Waals surface area contributed by atoms with E-state index in [-0.39, 0.29) is 30.6 Å². The van der Waals surface area contributed by atoms with E-state index in [9.17, 15) is 0 Å². The van der Waals surface area contributed by atoms with E-state index in [1.54, 1.807) is 0 Å². The summed E-state index contributed by atoms with van der Waals surface area (Å²) in [7, 11) is 0. The molecule has 22 heavy (non-hydrogen) atoms. The van der Waals surface area contributed by atoms with Gasteiger partial charge in [-0.3, -0.25) is 4.99 Å². The van der Waals surface area contributed by atoms with Crippen molar-refractivity contribution < 1.29 is 5.11 Å². The van der Waals surface area contributed by atoms with Gasteiger partial charge in [0.15, 0.2) is 5.96 Å². The summed E-state index contributed by atoms with van der Waals surface area (Å²) >= 11 is 3.46. The van der Waals surface area contributed by atoms with Gasteiger partial charge in [0, 0.05) is 35.8 Å². The number of halogens is 2. The van der Waals surface area contributed by atoms with Crippen molar-refractivity contribution in [3.05, 3.63) is 28.7 Å². The summed E-state index contributed by atoms with van der Waals surface area (Å²) < 4.78 is 1.10. The molecular formula is C15H24BrIN4O. The van der Waals surface area contributed by atoms with E-state index >= 15 is 0 Å². The van der Waals surface area contributed by atoms with Crippen LogP contribution in [0.25, 0.3) is 0 Å². The number of guanidine groups is 1. The second kappa shape index (κ2) is 10.3. The van der Waals surface area contributed by atoms with Crippen LogP contribution in [0.15, 0.2) is 33.7 Å². The number of nitrogens with zero attached hydrogens (tertiary/aromatic N) is 2. The maximum atomic E-state index is 8.88. The first kappa shape index (κ1) is 19.5. The van der Waals surface area contributed by atoms with Crippen molar-refractivity contribution >= 4 is 51.6 Å². The van der Waals surface area contributed by atoms with Gasteiger partial charge in [0.25, 0.3) is 0 Å². The summed E-state index contributed by atoms with van der Waals surface area (Å²) in [6.45, 7) is 5.37. The van der Waals surface area contributed by atoms with Crippen molar-refractivity contribution in [2.75, 3.05) is 37.7 Å². The van der Waals surface area contributed by atoms with Crippen LogP contribution in [0.1, 0.15) is 13.3 Å². The summed E-state index contributed by atoms with van der Waals surface area (Å²) in [6, 6.07) is 8.80. The third-order valence-electron chi connectivity index (χ3n) is 3.44. The van der Waals surface area contributed by atoms with E-state index < -0.39 is 0 Å². The molecule has 1 aromatic rings. The maximum Gasteiger partial charge on any atom is 0.191 e. The van der Waals surface area contributed by atoms with Crippen molar-refractivity contribution in [3.63, 3.8) is 0 Å². The Bertz CT molecular complexity index is 469. The zero-order chi connectivity index (χ0) is 15.1. The fourth-order valence-corrected chi connectivity index (χ4v) is 2.70. The molecule has 1 saturated heterocycles. The van der Waals surface area contributed by atoms with Gasteiger partial charge in [-0.2, -0.15) is 0 Å². The molecule has 2 rings (SSSR count). The fourth-order valence-electron chi connectivity index (χ4n) is 2.44. The molecule has 0 bridgehead atoms. The largest absolute Gasteiger partial charge is 0.394 e. The van der Waals surface area contributed by atoms with Gasteiger partial charge < -0.3 is 20.6 Å². The van der Waals surface area contributed by atoms with Crippen LogP contribution in [0.5, 0.6) is 0 Å². The van der Waals surface area contributed by atoms with Crippen LogP contribution in [-0.4, -0.2) is 49.9 Å². The lowest BCUT2D eigenvalue weighted by molar-refractivity contribution is 0.306. The molecule has 0 saturated carbocycles. The number of nitrogens with one attached hydrogen (secondary N) is 2. The Morgan fingerprint density at radius 3 is 2.77 bits per heavy atom. The zero-order valence-electron chi connectivity index (χ0n) is 12.8. The van der Waals surface area contributed by atoms with Crippen LogP contribution in [0, 0.1) is 0 Å². The Hall–Kier alpha value is -0.540. The number of aliphatic hydroxyl groups excluding tert-OH is 1. The average Bonchev–Trinajstić information content (AvgIpc) is 2.94. The molecular weight excluding hydrogens is 459 g/mol. The van der Waals surface area contributed by atoms with E-state index in [4.69, 9.17) is 5.11 Å². The molecule has 0 radical (unpaired) electrons. The van der Waals surface area contributed by atoms with Crippen LogP contribution < -0.4 is 15.5 Å². The first-order valence-corrected chi connectivity index (χ1v) is 8.18. The van der Waals surface area contributed by atoms with Gasteiger partial charge in [-0.15, -0.1) is 24.0 Å². The molecule has 124 valence electrons.